The molecule has 18 heavy (non-hydrogen) atoms. The summed E-state index contributed by atoms with van der Waals surface area (Å²) in [5.41, 5.74) is 2.08. The second kappa shape index (κ2) is 5.59. The van der Waals surface area contributed by atoms with Gasteiger partial charge in [0, 0.05) is 16.6 Å². The molecule has 0 saturated carbocycles. The molecule has 0 bridgehead atoms. The average molecular weight is 283 g/mol. The zero-order valence-electron chi connectivity index (χ0n) is 10.6. The Kier molecular flexibility index (Phi) is 4.09. The molecule has 0 atom stereocenters. The maximum Gasteiger partial charge on any atom is 0.139 e. The topological polar surface area (TPSA) is 34.1 Å². The van der Waals surface area contributed by atoms with E-state index < -0.39 is 0 Å². The number of nitrogens with zero attached hydrogens (tertiary/aromatic N) is 1. The number of hydrogen-bond donors (Lipinski definition) is 1. The van der Waals surface area contributed by atoms with Gasteiger partial charge in [-0.1, -0.05) is 11.6 Å². The minimum atomic E-state index is 0.618. The monoisotopic (exact) mass is 282 g/mol. The van der Waals surface area contributed by atoms with Gasteiger partial charge in [-0.25, -0.2) is 4.98 Å². The quantitative estimate of drug-likeness (QED) is 0.919. The average Bonchev–Trinajstić information content (AvgIpc) is 2.67. The van der Waals surface area contributed by atoms with Crippen LogP contribution >= 0.6 is 22.9 Å². The van der Waals surface area contributed by atoms with Crippen LogP contribution in [0.15, 0.2) is 18.2 Å². The number of benzene rings is 1. The van der Waals surface area contributed by atoms with Gasteiger partial charge < -0.3 is 10.1 Å². The highest BCUT2D eigenvalue weighted by Crippen LogP contribution is 2.28. The number of nitrogens with one attached hydrogen (secondary N) is 1. The van der Waals surface area contributed by atoms with E-state index in [4.69, 9.17) is 16.3 Å². The van der Waals surface area contributed by atoms with Crippen molar-refractivity contribution in [2.45, 2.75) is 20.4 Å². The molecular formula is C13H15ClN2OS. The summed E-state index contributed by atoms with van der Waals surface area (Å²) >= 11 is 7.70. The number of thiazole rings is 1. The minimum absolute atomic E-state index is 0.618. The van der Waals surface area contributed by atoms with Gasteiger partial charge in [0.15, 0.2) is 0 Å². The summed E-state index contributed by atoms with van der Waals surface area (Å²) in [6.45, 7) is 4.82. The van der Waals surface area contributed by atoms with Gasteiger partial charge in [-0.05, 0) is 26.0 Å². The van der Waals surface area contributed by atoms with Crippen LogP contribution in [-0.2, 0) is 6.54 Å². The molecule has 2 rings (SSSR count). The van der Waals surface area contributed by atoms with Crippen molar-refractivity contribution in [1.29, 1.82) is 0 Å². The maximum atomic E-state index is 5.98. The van der Waals surface area contributed by atoms with E-state index in [1.165, 1.54) is 4.88 Å². The minimum Gasteiger partial charge on any atom is -0.495 e. The van der Waals surface area contributed by atoms with E-state index in [1.807, 2.05) is 32.0 Å². The Morgan fingerprint density at radius 2 is 2.17 bits per heavy atom. The second-order valence-corrected chi connectivity index (χ2v) is 5.64. The molecular weight excluding hydrogens is 268 g/mol. The molecule has 1 heterocycles. The van der Waals surface area contributed by atoms with Crippen LogP contribution in [0.25, 0.3) is 0 Å². The molecule has 0 unspecified atom stereocenters. The number of ether oxygens (including phenoxy) is 1. The Balaban J connectivity index is 2.08. The molecule has 1 aromatic carbocycles. The highest BCUT2D eigenvalue weighted by atomic mass is 35.5. The lowest BCUT2D eigenvalue weighted by molar-refractivity contribution is 0.415. The Labute approximate surface area is 116 Å². The van der Waals surface area contributed by atoms with Gasteiger partial charge >= 0.3 is 0 Å². The molecule has 0 aliphatic rings. The van der Waals surface area contributed by atoms with Gasteiger partial charge in [0.2, 0.25) is 0 Å². The van der Waals surface area contributed by atoms with E-state index in [0.717, 1.165) is 22.9 Å². The molecule has 2 aromatic rings. The fourth-order valence-corrected chi connectivity index (χ4v) is 2.76. The number of halogens is 1. The Morgan fingerprint density at radius 1 is 1.39 bits per heavy atom. The van der Waals surface area contributed by atoms with E-state index in [0.29, 0.717) is 10.8 Å². The Morgan fingerprint density at radius 3 is 2.78 bits per heavy atom. The molecule has 0 amide bonds. The van der Waals surface area contributed by atoms with Crippen LogP contribution in [0, 0.1) is 13.8 Å². The highest BCUT2D eigenvalue weighted by Gasteiger charge is 2.06. The summed E-state index contributed by atoms with van der Waals surface area (Å²) in [7, 11) is 1.61. The Hall–Kier alpha value is -1.26. The fraction of sp³-hybridized carbons (Fsp3) is 0.308. The summed E-state index contributed by atoms with van der Waals surface area (Å²) < 4.78 is 5.18. The third-order valence-corrected chi connectivity index (χ3v) is 3.99. The third-order valence-electron chi connectivity index (χ3n) is 2.60. The zero-order valence-corrected chi connectivity index (χ0v) is 12.2. The molecule has 0 fully saturated rings. The number of methoxy groups -OCH3 is 1. The van der Waals surface area contributed by atoms with Crippen LogP contribution in [0.4, 0.5) is 5.69 Å². The van der Waals surface area contributed by atoms with Crippen molar-refractivity contribution >= 4 is 28.6 Å². The van der Waals surface area contributed by atoms with Gasteiger partial charge in [-0.2, -0.15) is 0 Å². The fourth-order valence-electron chi connectivity index (χ4n) is 1.69. The van der Waals surface area contributed by atoms with Gasteiger partial charge in [0.25, 0.3) is 0 Å². The van der Waals surface area contributed by atoms with Crippen LogP contribution in [0.2, 0.25) is 5.02 Å². The van der Waals surface area contributed by atoms with Gasteiger partial charge in [0.05, 0.1) is 29.4 Å². The smallest absolute Gasteiger partial charge is 0.139 e. The molecule has 0 spiro atoms. The summed E-state index contributed by atoms with van der Waals surface area (Å²) in [5, 5.41) is 5.06. The van der Waals surface area contributed by atoms with Crippen molar-refractivity contribution < 1.29 is 4.74 Å². The largest absolute Gasteiger partial charge is 0.495 e. The molecule has 5 heteroatoms. The summed E-state index contributed by atoms with van der Waals surface area (Å²) in [6.07, 6.45) is 0. The number of aromatic nitrogens is 1. The molecule has 0 aliphatic heterocycles. The van der Waals surface area contributed by atoms with E-state index in [2.05, 4.69) is 10.3 Å². The van der Waals surface area contributed by atoms with Crippen molar-refractivity contribution in [2.24, 2.45) is 0 Å². The van der Waals surface area contributed by atoms with Crippen molar-refractivity contribution in [3.63, 3.8) is 0 Å². The lowest BCUT2D eigenvalue weighted by atomic mass is 10.3. The van der Waals surface area contributed by atoms with Crippen molar-refractivity contribution in [3.8, 4) is 5.75 Å². The first-order chi connectivity index (χ1) is 8.60. The molecule has 96 valence electrons. The van der Waals surface area contributed by atoms with Crippen LogP contribution in [-0.4, -0.2) is 12.1 Å². The van der Waals surface area contributed by atoms with E-state index in [9.17, 15) is 0 Å². The van der Waals surface area contributed by atoms with Gasteiger partial charge in [-0.3, -0.25) is 0 Å². The normalized spacial score (nSPS) is 10.4. The van der Waals surface area contributed by atoms with Crippen molar-refractivity contribution in [1.82, 2.24) is 4.98 Å². The van der Waals surface area contributed by atoms with Crippen molar-refractivity contribution in [3.05, 3.63) is 38.8 Å². The highest BCUT2D eigenvalue weighted by molar-refractivity contribution is 7.11. The van der Waals surface area contributed by atoms with Gasteiger partial charge in [-0.15, -0.1) is 11.3 Å². The predicted molar refractivity (Wildman–Crippen MR) is 76.9 cm³/mol. The number of rotatable bonds is 4. The first kappa shape index (κ1) is 13.2. The van der Waals surface area contributed by atoms with E-state index >= 15 is 0 Å². The summed E-state index contributed by atoms with van der Waals surface area (Å²) in [5.74, 6) is 0.680. The van der Waals surface area contributed by atoms with Crippen LogP contribution in [0.5, 0.6) is 5.75 Å². The SMILES string of the molecule is COc1cc(NCc2sc(C)nc2C)ccc1Cl. The molecule has 1 N–H and O–H groups in total. The molecule has 0 radical (unpaired) electrons. The van der Waals surface area contributed by atoms with E-state index in [1.54, 1.807) is 18.4 Å². The summed E-state index contributed by atoms with van der Waals surface area (Å²) in [4.78, 5) is 5.66. The lowest BCUT2D eigenvalue weighted by Gasteiger charge is -2.08. The van der Waals surface area contributed by atoms with E-state index in [-0.39, 0.29) is 0 Å². The van der Waals surface area contributed by atoms with Crippen LogP contribution in [0.3, 0.4) is 0 Å². The maximum absolute atomic E-state index is 5.98. The standard InChI is InChI=1S/C13H15ClN2OS/c1-8-13(18-9(2)16-8)7-15-10-4-5-11(14)12(6-10)17-3/h4-6,15H,7H2,1-3H3. The second-order valence-electron chi connectivity index (χ2n) is 3.94. The van der Waals surface area contributed by atoms with Crippen LogP contribution < -0.4 is 10.1 Å². The number of hydrogen-bond acceptors (Lipinski definition) is 4. The Bertz CT molecular complexity index is 554. The van der Waals surface area contributed by atoms with Crippen LogP contribution in [0.1, 0.15) is 15.6 Å². The molecule has 1 aromatic heterocycles. The molecule has 3 nitrogen and oxygen atoms in total. The first-order valence-corrected chi connectivity index (χ1v) is 6.80. The zero-order chi connectivity index (χ0) is 13.1. The molecule has 0 saturated heterocycles. The van der Waals surface area contributed by atoms with Gasteiger partial charge in [0.1, 0.15) is 5.75 Å². The number of anilines is 1. The lowest BCUT2D eigenvalue weighted by Crippen LogP contribution is -1.99. The molecule has 0 aliphatic carbocycles. The first-order valence-electron chi connectivity index (χ1n) is 5.60. The third kappa shape index (κ3) is 2.94. The summed E-state index contributed by atoms with van der Waals surface area (Å²) in [6, 6.07) is 5.66. The predicted octanol–water partition coefficient (Wildman–Crippen LogP) is 4.03. The van der Waals surface area contributed by atoms with Crippen molar-refractivity contribution in [2.75, 3.05) is 12.4 Å². The number of aryl methyl sites for hydroxylation is 2.